The lowest BCUT2D eigenvalue weighted by Crippen LogP contribution is -2.25. The number of hydrogen-bond donors (Lipinski definition) is 1. The van der Waals surface area contributed by atoms with Gasteiger partial charge >= 0.3 is 0 Å². The molecule has 1 N–H and O–H groups in total. The highest BCUT2D eigenvalue weighted by Gasteiger charge is 2.18. The smallest absolute Gasteiger partial charge is 0.226 e. The maximum absolute atomic E-state index is 12.0. The van der Waals surface area contributed by atoms with Crippen molar-refractivity contribution < 1.29 is 4.79 Å². The molecule has 21 heavy (non-hydrogen) atoms. The first kappa shape index (κ1) is 14.1. The third kappa shape index (κ3) is 3.62. The Balaban J connectivity index is 1.55. The Morgan fingerprint density at radius 1 is 1.43 bits per heavy atom. The van der Waals surface area contributed by atoms with Crippen molar-refractivity contribution in [2.75, 3.05) is 18.9 Å². The highest BCUT2D eigenvalue weighted by molar-refractivity contribution is 7.15. The van der Waals surface area contributed by atoms with Crippen LogP contribution in [0, 0.1) is 0 Å². The largest absolute Gasteiger partial charge is 0.302 e. The number of thiazole rings is 1. The maximum atomic E-state index is 12.0. The molecule has 2 aromatic rings. The first-order valence-corrected chi connectivity index (χ1v) is 7.73. The van der Waals surface area contributed by atoms with Gasteiger partial charge in [-0.3, -0.25) is 4.79 Å². The molecule has 0 bridgehead atoms. The molecule has 0 fully saturated rings. The monoisotopic (exact) mass is 303 g/mol. The van der Waals surface area contributed by atoms with Gasteiger partial charge in [-0.15, -0.1) is 11.3 Å². The number of anilines is 1. The zero-order valence-corrected chi connectivity index (χ0v) is 12.7. The summed E-state index contributed by atoms with van der Waals surface area (Å²) in [4.78, 5) is 27.9. The van der Waals surface area contributed by atoms with Crippen LogP contribution in [0.2, 0.25) is 0 Å². The van der Waals surface area contributed by atoms with Gasteiger partial charge in [0.05, 0.1) is 5.69 Å². The number of carbonyl (C=O) groups excluding carboxylic acids is 1. The second kappa shape index (κ2) is 6.28. The maximum Gasteiger partial charge on any atom is 0.226 e. The Hall–Kier alpha value is -1.86. The normalized spacial score (nSPS) is 14.7. The van der Waals surface area contributed by atoms with Crippen LogP contribution in [0.25, 0.3) is 0 Å². The summed E-state index contributed by atoms with van der Waals surface area (Å²) in [6.45, 7) is 1.95. The molecular weight excluding hydrogens is 286 g/mol. The predicted molar refractivity (Wildman–Crippen MR) is 81.1 cm³/mol. The molecular formula is C14H17N5OS. The molecule has 1 aliphatic heterocycles. The van der Waals surface area contributed by atoms with E-state index in [1.165, 1.54) is 11.2 Å². The lowest BCUT2D eigenvalue weighted by atomic mass is 10.2. The van der Waals surface area contributed by atoms with Gasteiger partial charge in [-0.1, -0.05) is 0 Å². The molecule has 1 aliphatic rings. The number of fused-ring (bicyclic) bond motifs is 1. The number of likely N-dealkylation sites (N-methyl/N-ethyl adjacent to an activating group) is 1. The summed E-state index contributed by atoms with van der Waals surface area (Å²) >= 11 is 1.58. The molecule has 0 unspecified atom stereocenters. The zero-order valence-electron chi connectivity index (χ0n) is 11.9. The number of nitrogens with one attached hydrogen (secondary N) is 1. The van der Waals surface area contributed by atoms with Crippen LogP contribution < -0.4 is 5.32 Å². The number of aromatic nitrogens is 3. The van der Waals surface area contributed by atoms with Gasteiger partial charge in [-0.05, 0) is 19.0 Å². The minimum absolute atomic E-state index is 0.0155. The Kier molecular flexibility index (Phi) is 4.21. The lowest BCUT2D eigenvalue weighted by Gasteiger charge is -2.20. The predicted octanol–water partition coefficient (Wildman–Crippen LogP) is 1.49. The molecule has 0 saturated carbocycles. The Labute approximate surface area is 127 Å². The number of nitrogens with zero attached hydrogens (tertiary/aromatic N) is 4. The number of rotatable bonds is 4. The Morgan fingerprint density at radius 3 is 3.05 bits per heavy atom. The first-order chi connectivity index (χ1) is 10.2. The molecule has 3 rings (SSSR count). The van der Waals surface area contributed by atoms with E-state index in [9.17, 15) is 4.79 Å². The van der Waals surface area contributed by atoms with Crippen molar-refractivity contribution >= 4 is 22.4 Å². The standard InChI is InChI=1S/C14H17N5OS/c1-19-5-4-11-12(8-19)21-14(17-11)18-13(20)3-2-10-6-15-9-16-7-10/h6-7,9H,2-5,8H2,1H3,(H,17,18,20). The van der Waals surface area contributed by atoms with Crippen LogP contribution >= 0.6 is 11.3 Å². The van der Waals surface area contributed by atoms with Crippen molar-refractivity contribution in [3.63, 3.8) is 0 Å². The highest BCUT2D eigenvalue weighted by atomic mass is 32.1. The average molecular weight is 303 g/mol. The SMILES string of the molecule is CN1CCc2nc(NC(=O)CCc3cncnc3)sc2C1. The van der Waals surface area contributed by atoms with Gasteiger partial charge in [-0.25, -0.2) is 15.0 Å². The quantitative estimate of drug-likeness (QED) is 0.926. The fourth-order valence-electron chi connectivity index (χ4n) is 2.28. The summed E-state index contributed by atoms with van der Waals surface area (Å²) in [7, 11) is 2.10. The fraction of sp³-hybridized carbons (Fsp3) is 0.429. The van der Waals surface area contributed by atoms with E-state index in [2.05, 4.69) is 32.2 Å². The molecule has 7 heteroatoms. The molecule has 3 heterocycles. The van der Waals surface area contributed by atoms with Crippen LogP contribution in [0.4, 0.5) is 5.13 Å². The lowest BCUT2D eigenvalue weighted by molar-refractivity contribution is -0.116. The van der Waals surface area contributed by atoms with Gasteiger partial charge in [0.15, 0.2) is 5.13 Å². The van der Waals surface area contributed by atoms with Crippen molar-refractivity contribution in [3.8, 4) is 0 Å². The van der Waals surface area contributed by atoms with E-state index in [1.54, 1.807) is 23.7 Å². The highest BCUT2D eigenvalue weighted by Crippen LogP contribution is 2.27. The summed E-state index contributed by atoms with van der Waals surface area (Å²) in [6.07, 6.45) is 6.97. The molecule has 0 saturated heterocycles. The van der Waals surface area contributed by atoms with Gasteiger partial charge in [0, 0.05) is 43.2 Å². The van der Waals surface area contributed by atoms with Gasteiger partial charge in [0.25, 0.3) is 0 Å². The summed E-state index contributed by atoms with van der Waals surface area (Å²) in [5.74, 6) is -0.0155. The first-order valence-electron chi connectivity index (χ1n) is 6.91. The topological polar surface area (TPSA) is 71.0 Å². The summed E-state index contributed by atoms with van der Waals surface area (Å²) < 4.78 is 0. The summed E-state index contributed by atoms with van der Waals surface area (Å²) in [5, 5.41) is 3.61. The zero-order chi connectivity index (χ0) is 14.7. The molecule has 0 radical (unpaired) electrons. The van der Waals surface area contributed by atoms with Crippen molar-refractivity contribution in [2.24, 2.45) is 0 Å². The van der Waals surface area contributed by atoms with E-state index in [0.717, 1.165) is 30.8 Å². The van der Waals surface area contributed by atoms with E-state index in [0.29, 0.717) is 18.0 Å². The molecule has 6 nitrogen and oxygen atoms in total. The third-order valence-electron chi connectivity index (χ3n) is 3.42. The van der Waals surface area contributed by atoms with Crippen LogP contribution in [0.3, 0.4) is 0 Å². The molecule has 0 atom stereocenters. The van der Waals surface area contributed by atoms with Gasteiger partial charge in [0.2, 0.25) is 5.91 Å². The average Bonchev–Trinajstić information content (AvgIpc) is 2.87. The van der Waals surface area contributed by atoms with Gasteiger partial charge < -0.3 is 10.2 Å². The van der Waals surface area contributed by atoms with Crippen LogP contribution in [0.1, 0.15) is 22.6 Å². The fourth-order valence-corrected chi connectivity index (χ4v) is 3.38. The van der Waals surface area contributed by atoms with Gasteiger partial charge in [0.1, 0.15) is 6.33 Å². The molecule has 110 valence electrons. The number of hydrogen-bond acceptors (Lipinski definition) is 6. The molecule has 0 aromatic carbocycles. The second-order valence-electron chi connectivity index (χ2n) is 5.17. The van der Waals surface area contributed by atoms with Crippen LogP contribution in [-0.4, -0.2) is 39.4 Å². The van der Waals surface area contributed by atoms with E-state index >= 15 is 0 Å². The van der Waals surface area contributed by atoms with Crippen molar-refractivity contribution in [1.29, 1.82) is 0 Å². The third-order valence-corrected chi connectivity index (χ3v) is 4.42. The summed E-state index contributed by atoms with van der Waals surface area (Å²) in [5.41, 5.74) is 2.09. The molecule has 2 aromatic heterocycles. The van der Waals surface area contributed by atoms with Crippen molar-refractivity contribution in [2.45, 2.75) is 25.8 Å². The van der Waals surface area contributed by atoms with E-state index in [-0.39, 0.29) is 5.91 Å². The van der Waals surface area contributed by atoms with E-state index in [4.69, 9.17) is 0 Å². The minimum Gasteiger partial charge on any atom is -0.302 e. The minimum atomic E-state index is -0.0155. The Bertz CT molecular complexity index is 628. The van der Waals surface area contributed by atoms with Gasteiger partial charge in [-0.2, -0.15) is 0 Å². The van der Waals surface area contributed by atoms with Crippen LogP contribution in [0.5, 0.6) is 0 Å². The molecule has 1 amide bonds. The molecule has 0 spiro atoms. The van der Waals surface area contributed by atoms with E-state index in [1.807, 2.05) is 0 Å². The number of amides is 1. The molecule has 0 aliphatic carbocycles. The number of carbonyl (C=O) groups is 1. The Morgan fingerprint density at radius 2 is 2.24 bits per heavy atom. The van der Waals surface area contributed by atoms with E-state index < -0.39 is 0 Å². The van der Waals surface area contributed by atoms with Crippen molar-refractivity contribution in [1.82, 2.24) is 19.9 Å². The summed E-state index contributed by atoms with van der Waals surface area (Å²) in [6, 6.07) is 0. The van der Waals surface area contributed by atoms with Crippen LogP contribution in [-0.2, 0) is 24.2 Å². The number of aryl methyl sites for hydroxylation is 1. The second-order valence-corrected chi connectivity index (χ2v) is 6.26. The van der Waals surface area contributed by atoms with Crippen molar-refractivity contribution in [3.05, 3.63) is 34.9 Å². The van der Waals surface area contributed by atoms with Crippen LogP contribution in [0.15, 0.2) is 18.7 Å².